The van der Waals surface area contributed by atoms with Crippen molar-refractivity contribution in [1.29, 1.82) is 0 Å². The van der Waals surface area contributed by atoms with Gasteiger partial charge in [0.05, 0.1) is 6.04 Å². The van der Waals surface area contributed by atoms with E-state index >= 15 is 0 Å². The fraction of sp³-hybridized carbons (Fsp3) is 0.500. The number of fused-ring (bicyclic) bond motifs is 1. The van der Waals surface area contributed by atoms with Gasteiger partial charge in [0.2, 0.25) is 0 Å². The predicted molar refractivity (Wildman–Crippen MR) is 68.4 cm³/mol. The van der Waals surface area contributed by atoms with E-state index in [4.69, 9.17) is 4.74 Å². The molecule has 1 aromatic carbocycles. The number of piperazine rings is 1. The molecule has 2 aliphatic heterocycles. The van der Waals surface area contributed by atoms with Gasteiger partial charge in [0.25, 0.3) is 0 Å². The van der Waals surface area contributed by atoms with Crippen LogP contribution in [0.2, 0.25) is 0 Å². The normalized spacial score (nSPS) is 28.1. The van der Waals surface area contributed by atoms with Crippen molar-refractivity contribution in [2.45, 2.75) is 19.1 Å². The van der Waals surface area contributed by atoms with Crippen LogP contribution < -0.4 is 0 Å². The van der Waals surface area contributed by atoms with Gasteiger partial charge in [-0.1, -0.05) is 29.8 Å². The fourth-order valence-corrected chi connectivity index (χ4v) is 2.74. The molecule has 4 heteroatoms. The summed E-state index contributed by atoms with van der Waals surface area (Å²) in [7, 11) is 2.09. The van der Waals surface area contributed by atoms with Gasteiger partial charge in [0, 0.05) is 19.6 Å². The SMILES string of the molecule is Cc1ccc(C2OC(=O)N3CCN(C)CC23)cc1. The average Bonchev–Trinajstić information content (AvgIpc) is 2.67. The quantitative estimate of drug-likeness (QED) is 0.757. The van der Waals surface area contributed by atoms with Crippen molar-refractivity contribution in [3.63, 3.8) is 0 Å². The minimum atomic E-state index is -0.168. The summed E-state index contributed by atoms with van der Waals surface area (Å²) in [5.41, 5.74) is 2.32. The van der Waals surface area contributed by atoms with Crippen molar-refractivity contribution in [2.75, 3.05) is 26.7 Å². The number of benzene rings is 1. The third-order valence-electron chi connectivity index (χ3n) is 3.84. The summed E-state index contributed by atoms with van der Waals surface area (Å²) in [6, 6.07) is 8.41. The zero-order chi connectivity index (χ0) is 12.7. The van der Waals surface area contributed by atoms with Crippen LogP contribution in [0.4, 0.5) is 4.79 Å². The van der Waals surface area contributed by atoms with Crippen LogP contribution in [0.1, 0.15) is 17.2 Å². The molecule has 0 bridgehead atoms. The second-order valence-electron chi connectivity index (χ2n) is 5.24. The molecule has 2 atom stereocenters. The molecular formula is C14H18N2O2. The van der Waals surface area contributed by atoms with Gasteiger partial charge in [0.1, 0.15) is 0 Å². The standard InChI is InChI=1S/C14H18N2O2/c1-10-3-5-11(6-4-10)13-12-9-15(2)7-8-16(12)14(17)18-13/h3-6,12-13H,7-9H2,1-2H3. The van der Waals surface area contributed by atoms with E-state index in [0.29, 0.717) is 0 Å². The molecular weight excluding hydrogens is 228 g/mol. The summed E-state index contributed by atoms with van der Waals surface area (Å²) in [4.78, 5) is 16.0. The Hall–Kier alpha value is -1.55. The summed E-state index contributed by atoms with van der Waals surface area (Å²) in [5, 5.41) is 0. The third-order valence-corrected chi connectivity index (χ3v) is 3.84. The molecule has 2 aliphatic rings. The van der Waals surface area contributed by atoms with E-state index in [1.165, 1.54) is 5.56 Å². The third kappa shape index (κ3) is 1.86. The van der Waals surface area contributed by atoms with E-state index in [0.717, 1.165) is 25.2 Å². The number of likely N-dealkylation sites (N-methyl/N-ethyl adjacent to an activating group) is 1. The molecule has 4 nitrogen and oxygen atoms in total. The van der Waals surface area contributed by atoms with Crippen LogP contribution >= 0.6 is 0 Å². The lowest BCUT2D eigenvalue weighted by Crippen LogP contribution is -2.51. The minimum absolute atomic E-state index is 0.124. The largest absolute Gasteiger partial charge is 0.439 e. The second-order valence-corrected chi connectivity index (χ2v) is 5.24. The molecule has 2 unspecified atom stereocenters. The molecule has 0 radical (unpaired) electrons. The maximum absolute atomic E-state index is 11.9. The number of carbonyl (C=O) groups is 1. The van der Waals surface area contributed by atoms with Gasteiger partial charge in [0.15, 0.2) is 6.10 Å². The van der Waals surface area contributed by atoms with E-state index < -0.39 is 0 Å². The summed E-state index contributed by atoms with van der Waals surface area (Å²) < 4.78 is 5.54. The molecule has 0 aliphatic carbocycles. The van der Waals surface area contributed by atoms with Crippen LogP contribution in [0.3, 0.4) is 0 Å². The van der Waals surface area contributed by atoms with Crippen molar-refractivity contribution < 1.29 is 9.53 Å². The average molecular weight is 246 g/mol. The van der Waals surface area contributed by atoms with Gasteiger partial charge in [-0.15, -0.1) is 0 Å². The Morgan fingerprint density at radius 3 is 2.67 bits per heavy atom. The Kier molecular flexibility index (Phi) is 2.74. The smallest absolute Gasteiger partial charge is 0.410 e. The number of hydrogen-bond donors (Lipinski definition) is 0. The number of carbonyl (C=O) groups excluding carboxylic acids is 1. The highest BCUT2D eigenvalue weighted by Gasteiger charge is 2.44. The highest BCUT2D eigenvalue weighted by molar-refractivity contribution is 5.71. The molecule has 0 aromatic heterocycles. The predicted octanol–water partition coefficient (Wildman–Crippen LogP) is 1.80. The van der Waals surface area contributed by atoms with Gasteiger partial charge in [-0.2, -0.15) is 0 Å². The minimum Gasteiger partial charge on any atom is -0.439 e. The number of rotatable bonds is 1. The molecule has 2 fully saturated rings. The summed E-state index contributed by atoms with van der Waals surface area (Å²) in [5.74, 6) is 0. The summed E-state index contributed by atoms with van der Waals surface area (Å²) >= 11 is 0. The Bertz CT molecular complexity index is 457. The summed E-state index contributed by atoms with van der Waals surface area (Å²) in [6.07, 6.45) is -0.292. The maximum atomic E-state index is 11.9. The molecule has 2 heterocycles. The van der Waals surface area contributed by atoms with Crippen molar-refractivity contribution in [1.82, 2.24) is 9.80 Å². The first-order valence-electron chi connectivity index (χ1n) is 6.37. The number of ether oxygens (including phenoxy) is 1. The fourth-order valence-electron chi connectivity index (χ4n) is 2.74. The zero-order valence-electron chi connectivity index (χ0n) is 10.8. The Labute approximate surface area is 107 Å². The first-order valence-corrected chi connectivity index (χ1v) is 6.37. The van der Waals surface area contributed by atoms with Crippen molar-refractivity contribution >= 4 is 6.09 Å². The molecule has 3 rings (SSSR count). The van der Waals surface area contributed by atoms with E-state index in [1.54, 1.807) is 0 Å². The maximum Gasteiger partial charge on any atom is 0.410 e. The van der Waals surface area contributed by atoms with Crippen molar-refractivity contribution in [2.24, 2.45) is 0 Å². The zero-order valence-corrected chi connectivity index (χ0v) is 10.8. The number of aryl methyl sites for hydroxylation is 1. The number of hydrogen-bond acceptors (Lipinski definition) is 3. The molecule has 1 aromatic rings. The molecule has 18 heavy (non-hydrogen) atoms. The van der Waals surface area contributed by atoms with Gasteiger partial charge >= 0.3 is 6.09 Å². The Morgan fingerprint density at radius 1 is 1.22 bits per heavy atom. The highest BCUT2D eigenvalue weighted by Crippen LogP contribution is 2.34. The Morgan fingerprint density at radius 2 is 1.94 bits per heavy atom. The van der Waals surface area contributed by atoms with Crippen LogP contribution in [-0.2, 0) is 4.74 Å². The number of nitrogens with zero attached hydrogens (tertiary/aromatic N) is 2. The molecule has 0 N–H and O–H groups in total. The van der Waals surface area contributed by atoms with Crippen LogP contribution in [0.25, 0.3) is 0 Å². The van der Waals surface area contributed by atoms with Gasteiger partial charge in [-0.3, -0.25) is 4.90 Å². The van der Waals surface area contributed by atoms with Gasteiger partial charge in [-0.05, 0) is 19.5 Å². The first kappa shape index (κ1) is 11.5. The van der Waals surface area contributed by atoms with Gasteiger partial charge in [-0.25, -0.2) is 4.79 Å². The monoisotopic (exact) mass is 246 g/mol. The van der Waals surface area contributed by atoms with Crippen molar-refractivity contribution in [3.8, 4) is 0 Å². The lowest BCUT2D eigenvalue weighted by molar-refractivity contribution is 0.119. The van der Waals surface area contributed by atoms with Gasteiger partial charge < -0.3 is 9.64 Å². The van der Waals surface area contributed by atoms with Crippen LogP contribution in [0.15, 0.2) is 24.3 Å². The van der Waals surface area contributed by atoms with E-state index in [2.05, 4.69) is 43.1 Å². The lowest BCUT2D eigenvalue weighted by Gasteiger charge is -2.34. The number of cyclic esters (lactones) is 1. The Balaban J connectivity index is 1.88. The summed E-state index contributed by atoms with van der Waals surface area (Å²) in [6.45, 7) is 4.63. The highest BCUT2D eigenvalue weighted by atomic mass is 16.6. The molecule has 0 spiro atoms. The van der Waals surface area contributed by atoms with E-state index in [9.17, 15) is 4.79 Å². The van der Waals surface area contributed by atoms with Crippen LogP contribution in [0, 0.1) is 6.92 Å². The van der Waals surface area contributed by atoms with E-state index in [-0.39, 0.29) is 18.2 Å². The second kappa shape index (κ2) is 4.28. The first-order chi connectivity index (χ1) is 8.65. The number of amides is 1. The molecule has 2 saturated heterocycles. The molecule has 96 valence electrons. The van der Waals surface area contributed by atoms with Crippen LogP contribution in [-0.4, -0.2) is 48.6 Å². The van der Waals surface area contributed by atoms with Crippen molar-refractivity contribution in [3.05, 3.63) is 35.4 Å². The van der Waals surface area contributed by atoms with Crippen LogP contribution in [0.5, 0.6) is 0 Å². The lowest BCUT2D eigenvalue weighted by atomic mass is 9.99. The molecule has 0 saturated carbocycles. The topological polar surface area (TPSA) is 32.8 Å². The van der Waals surface area contributed by atoms with E-state index in [1.807, 2.05) is 4.90 Å². The molecule has 1 amide bonds.